The Labute approximate surface area is 128 Å². The van der Waals surface area contributed by atoms with Crippen molar-refractivity contribution in [3.8, 4) is 0 Å². The molecule has 1 aromatic heterocycles. The van der Waals surface area contributed by atoms with Crippen molar-refractivity contribution in [3.05, 3.63) is 48.0 Å². The minimum absolute atomic E-state index is 0.0544. The molecule has 0 spiro atoms. The molecule has 0 saturated carbocycles. The lowest BCUT2D eigenvalue weighted by atomic mass is 9.75. The van der Waals surface area contributed by atoms with E-state index in [2.05, 4.69) is 4.98 Å². The molecule has 1 amide bonds. The molecule has 0 aliphatic carbocycles. The maximum Gasteiger partial charge on any atom is 0.354 e. The van der Waals surface area contributed by atoms with E-state index in [1.165, 1.54) is 12.5 Å². The quantitative estimate of drug-likeness (QED) is 0.922. The Morgan fingerprint density at radius 2 is 2.00 bits per heavy atom. The van der Waals surface area contributed by atoms with Crippen molar-refractivity contribution in [1.82, 2.24) is 9.55 Å². The molecule has 1 atom stereocenters. The maximum absolute atomic E-state index is 12.7. The molecule has 1 aromatic carbocycles. The van der Waals surface area contributed by atoms with Crippen LogP contribution in [0.4, 0.5) is 5.69 Å². The number of rotatable bonds is 2. The van der Waals surface area contributed by atoms with Crippen LogP contribution in [0.5, 0.6) is 0 Å². The first-order valence-corrected chi connectivity index (χ1v) is 6.98. The second-order valence-corrected chi connectivity index (χ2v) is 6.04. The van der Waals surface area contributed by atoms with Gasteiger partial charge in [0.05, 0.1) is 24.0 Å². The number of fused-ring (bicyclic) bond motifs is 1. The van der Waals surface area contributed by atoms with E-state index in [0.717, 1.165) is 11.3 Å². The molecule has 1 aliphatic rings. The Hall–Kier alpha value is -2.63. The molecule has 1 aliphatic heterocycles. The van der Waals surface area contributed by atoms with Crippen LogP contribution >= 0.6 is 0 Å². The van der Waals surface area contributed by atoms with Gasteiger partial charge in [-0.25, -0.2) is 9.78 Å². The number of nitrogens with zero attached hydrogens (tertiary/aromatic N) is 3. The third-order valence-corrected chi connectivity index (χ3v) is 4.30. The molecule has 22 heavy (non-hydrogen) atoms. The van der Waals surface area contributed by atoms with Crippen molar-refractivity contribution in [1.29, 1.82) is 0 Å². The summed E-state index contributed by atoms with van der Waals surface area (Å²) in [7, 11) is 1.74. The zero-order valence-electron chi connectivity index (χ0n) is 12.6. The van der Waals surface area contributed by atoms with E-state index in [1.54, 1.807) is 16.5 Å². The van der Waals surface area contributed by atoms with Gasteiger partial charge in [0.25, 0.3) is 0 Å². The number of benzene rings is 1. The van der Waals surface area contributed by atoms with E-state index in [4.69, 9.17) is 0 Å². The number of carbonyl (C=O) groups is 2. The number of carboxylic acids is 1. The van der Waals surface area contributed by atoms with Gasteiger partial charge in [0.1, 0.15) is 5.69 Å². The third kappa shape index (κ3) is 1.83. The summed E-state index contributed by atoms with van der Waals surface area (Å²) in [6, 6.07) is 7.14. The van der Waals surface area contributed by atoms with Crippen molar-refractivity contribution in [2.45, 2.75) is 19.9 Å². The molecular weight excluding hydrogens is 282 g/mol. The summed E-state index contributed by atoms with van der Waals surface area (Å²) in [5, 5.41) is 9.37. The number of hydrogen-bond donors (Lipinski definition) is 1. The van der Waals surface area contributed by atoms with E-state index in [0.29, 0.717) is 0 Å². The van der Waals surface area contributed by atoms with Crippen LogP contribution in [-0.2, 0) is 4.79 Å². The Kier molecular flexibility index (Phi) is 3.05. The molecule has 0 saturated heterocycles. The molecule has 2 aromatic rings. The third-order valence-electron chi connectivity index (χ3n) is 4.30. The lowest BCUT2D eigenvalue weighted by Gasteiger charge is -2.43. The second-order valence-electron chi connectivity index (χ2n) is 6.04. The average molecular weight is 299 g/mol. The van der Waals surface area contributed by atoms with Crippen LogP contribution in [0, 0.1) is 5.41 Å². The topological polar surface area (TPSA) is 75.4 Å². The number of anilines is 1. The van der Waals surface area contributed by atoms with Gasteiger partial charge in [-0.3, -0.25) is 4.79 Å². The van der Waals surface area contributed by atoms with E-state index in [1.807, 2.05) is 38.1 Å². The Morgan fingerprint density at radius 1 is 1.32 bits per heavy atom. The fourth-order valence-corrected chi connectivity index (χ4v) is 3.25. The highest BCUT2D eigenvalue weighted by Crippen LogP contribution is 2.47. The van der Waals surface area contributed by atoms with E-state index in [9.17, 15) is 14.7 Å². The standard InChI is InChI=1S/C16H17N3O3/c1-16(2)13(19-9-17-8-12(19)14(20)21)10-6-4-5-7-11(10)18(3)15(16)22/h4-9,13H,1-3H3,(H,20,21). The molecule has 1 unspecified atom stereocenters. The number of aromatic carboxylic acids is 1. The average Bonchev–Trinajstić information content (AvgIpc) is 2.94. The van der Waals surface area contributed by atoms with Gasteiger partial charge >= 0.3 is 5.97 Å². The van der Waals surface area contributed by atoms with Crippen LogP contribution in [0.2, 0.25) is 0 Å². The molecule has 6 nitrogen and oxygen atoms in total. The molecule has 3 rings (SSSR count). The van der Waals surface area contributed by atoms with Crippen LogP contribution in [-0.4, -0.2) is 33.6 Å². The minimum atomic E-state index is -1.06. The lowest BCUT2D eigenvalue weighted by molar-refractivity contribution is -0.128. The monoisotopic (exact) mass is 299 g/mol. The minimum Gasteiger partial charge on any atom is -0.477 e. The highest BCUT2D eigenvalue weighted by Gasteiger charge is 2.47. The smallest absolute Gasteiger partial charge is 0.354 e. The number of aromatic nitrogens is 2. The van der Waals surface area contributed by atoms with Gasteiger partial charge in [0, 0.05) is 12.7 Å². The van der Waals surface area contributed by atoms with Gasteiger partial charge in [-0.15, -0.1) is 0 Å². The van der Waals surface area contributed by atoms with Gasteiger partial charge in [-0.05, 0) is 25.5 Å². The number of amides is 1. The zero-order valence-corrected chi connectivity index (χ0v) is 12.6. The first-order valence-electron chi connectivity index (χ1n) is 6.98. The van der Waals surface area contributed by atoms with Crippen LogP contribution in [0.25, 0.3) is 0 Å². The molecule has 0 radical (unpaired) electrons. The van der Waals surface area contributed by atoms with Crippen molar-refractivity contribution in [2.24, 2.45) is 5.41 Å². The summed E-state index contributed by atoms with van der Waals surface area (Å²) in [5.41, 5.74) is 0.996. The summed E-state index contributed by atoms with van der Waals surface area (Å²) >= 11 is 0. The number of hydrogen-bond acceptors (Lipinski definition) is 3. The molecule has 0 fully saturated rings. The normalized spacial score (nSPS) is 19.9. The van der Waals surface area contributed by atoms with Crippen LogP contribution in [0.1, 0.15) is 35.9 Å². The van der Waals surface area contributed by atoms with Gasteiger partial charge in [-0.1, -0.05) is 18.2 Å². The first-order chi connectivity index (χ1) is 10.4. The number of para-hydroxylation sites is 1. The van der Waals surface area contributed by atoms with Crippen molar-refractivity contribution >= 4 is 17.6 Å². The number of carboxylic acid groups (broad SMARTS) is 1. The number of carbonyl (C=O) groups excluding carboxylic acids is 1. The molecule has 6 heteroatoms. The Morgan fingerprint density at radius 3 is 2.68 bits per heavy atom. The molecule has 1 N–H and O–H groups in total. The fourth-order valence-electron chi connectivity index (χ4n) is 3.25. The largest absolute Gasteiger partial charge is 0.477 e. The maximum atomic E-state index is 12.7. The highest BCUT2D eigenvalue weighted by molar-refractivity contribution is 6.00. The van der Waals surface area contributed by atoms with Crippen molar-refractivity contribution in [2.75, 3.05) is 11.9 Å². The van der Waals surface area contributed by atoms with E-state index >= 15 is 0 Å². The summed E-state index contributed by atoms with van der Waals surface area (Å²) in [4.78, 5) is 29.8. The fraction of sp³-hybridized carbons (Fsp3) is 0.312. The molecular formula is C16H17N3O3. The predicted molar refractivity (Wildman–Crippen MR) is 81.0 cm³/mol. The molecule has 0 bridgehead atoms. The van der Waals surface area contributed by atoms with Gasteiger partial charge in [0.2, 0.25) is 5.91 Å². The van der Waals surface area contributed by atoms with Gasteiger partial charge in [-0.2, -0.15) is 0 Å². The van der Waals surface area contributed by atoms with Gasteiger partial charge in [0.15, 0.2) is 0 Å². The number of imidazole rings is 1. The summed E-state index contributed by atoms with van der Waals surface area (Å²) in [6.45, 7) is 3.66. The first kappa shape index (κ1) is 14.3. The van der Waals surface area contributed by atoms with E-state index < -0.39 is 17.4 Å². The predicted octanol–water partition coefficient (Wildman–Crippen LogP) is 2.17. The highest BCUT2D eigenvalue weighted by atomic mass is 16.4. The summed E-state index contributed by atoms with van der Waals surface area (Å²) in [6.07, 6.45) is 2.79. The zero-order chi connectivity index (χ0) is 16.1. The lowest BCUT2D eigenvalue weighted by Crippen LogP contribution is -2.49. The van der Waals surface area contributed by atoms with Gasteiger partial charge < -0.3 is 14.6 Å². The molecule has 114 valence electrons. The second kappa shape index (κ2) is 4.69. The Bertz CT molecular complexity index is 764. The van der Waals surface area contributed by atoms with E-state index in [-0.39, 0.29) is 11.6 Å². The Balaban J connectivity index is 2.28. The van der Waals surface area contributed by atoms with Crippen LogP contribution in [0.3, 0.4) is 0 Å². The SMILES string of the molecule is CN1C(=O)C(C)(C)C(n2cncc2C(=O)O)c2ccccc21. The summed E-state index contributed by atoms with van der Waals surface area (Å²) < 4.78 is 1.58. The van der Waals surface area contributed by atoms with Crippen molar-refractivity contribution in [3.63, 3.8) is 0 Å². The molecule has 2 heterocycles. The summed E-state index contributed by atoms with van der Waals surface area (Å²) in [5.74, 6) is -1.11. The van der Waals surface area contributed by atoms with Crippen LogP contribution in [0.15, 0.2) is 36.8 Å². The van der Waals surface area contributed by atoms with Crippen molar-refractivity contribution < 1.29 is 14.7 Å². The van der Waals surface area contributed by atoms with Crippen LogP contribution < -0.4 is 4.90 Å².